The molecule has 0 bridgehead atoms. The van der Waals surface area contributed by atoms with Crippen LogP contribution in [0.2, 0.25) is 0 Å². The molecular formula is C13H8FIO2. The molecule has 0 radical (unpaired) electrons. The Morgan fingerprint density at radius 3 is 2.47 bits per heavy atom. The van der Waals surface area contributed by atoms with E-state index in [0.29, 0.717) is 17.8 Å². The molecule has 0 spiro atoms. The average Bonchev–Trinajstić information content (AvgIpc) is 2.34. The van der Waals surface area contributed by atoms with E-state index in [4.69, 9.17) is 4.74 Å². The van der Waals surface area contributed by atoms with Gasteiger partial charge in [0.15, 0.2) is 6.29 Å². The SMILES string of the molecule is O=Cc1cc(F)ccc1Oc1ccc(I)cc1. The summed E-state index contributed by atoms with van der Waals surface area (Å²) in [4.78, 5) is 10.8. The summed E-state index contributed by atoms with van der Waals surface area (Å²) in [6.45, 7) is 0. The van der Waals surface area contributed by atoms with Crippen LogP contribution in [-0.4, -0.2) is 6.29 Å². The standard InChI is InChI=1S/C13H8FIO2/c14-10-1-6-13(9(7-10)8-16)17-12-4-2-11(15)3-5-12/h1-8H. The smallest absolute Gasteiger partial charge is 0.153 e. The van der Waals surface area contributed by atoms with E-state index >= 15 is 0 Å². The molecule has 0 heterocycles. The van der Waals surface area contributed by atoms with Gasteiger partial charge in [-0.15, -0.1) is 0 Å². The molecule has 2 nitrogen and oxygen atoms in total. The van der Waals surface area contributed by atoms with E-state index in [1.807, 2.05) is 12.1 Å². The summed E-state index contributed by atoms with van der Waals surface area (Å²) in [5.41, 5.74) is 0.198. The molecule has 2 rings (SSSR count). The van der Waals surface area contributed by atoms with Crippen LogP contribution in [0.15, 0.2) is 42.5 Å². The van der Waals surface area contributed by atoms with Crippen LogP contribution in [0.1, 0.15) is 10.4 Å². The second-order valence-corrected chi connectivity index (χ2v) is 4.60. The van der Waals surface area contributed by atoms with Crippen LogP contribution >= 0.6 is 22.6 Å². The largest absolute Gasteiger partial charge is 0.457 e. The second-order valence-electron chi connectivity index (χ2n) is 3.36. The molecule has 0 aliphatic carbocycles. The highest BCUT2D eigenvalue weighted by molar-refractivity contribution is 14.1. The molecule has 86 valence electrons. The molecule has 0 saturated heterocycles. The first-order valence-corrected chi connectivity index (χ1v) is 5.95. The van der Waals surface area contributed by atoms with E-state index < -0.39 is 5.82 Å². The van der Waals surface area contributed by atoms with Gasteiger partial charge in [-0.1, -0.05) is 0 Å². The Balaban J connectivity index is 2.29. The Bertz CT molecular complexity index is 538. The lowest BCUT2D eigenvalue weighted by Gasteiger charge is -2.07. The van der Waals surface area contributed by atoms with Gasteiger partial charge in [0.2, 0.25) is 0 Å². The van der Waals surface area contributed by atoms with Crippen LogP contribution < -0.4 is 4.74 Å². The summed E-state index contributed by atoms with van der Waals surface area (Å²) < 4.78 is 19.5. The van der Waals surface area contributed by atoms with E-state index in [1.54, 1.807) is 12.1 Å². The Hall–Kier alpha value is -1.43. The molecule has 0 amide bonds. The highest BCUT2D eigenvalue weighted by Crippen LogP contribution is 2.25. The lowest BCUT2D eigenvalue weighted by molar-refractivity contribution is 0.112. The Kier molecular flexibility index (Phi) is 3.73. The van der Waals surface area contributed by atoms with E-state index in [1.165, 1.54) is 12.1 Å². The van der Waals surface area contributed by atoms with Crippen molar-refractivity contribution < 1.29 is 13.9 Å². The molecule has 2 aromatic carbocycles. The van der Waals surface area contributed by atoms with Crippen LogP contribution in [0.5, 0.6) is 11.5 Å². The quantitative estimate of drug-likeness (QED) is 0.622. The zero-order valence-corrected chi connectivity index (χ0v) is 10.8. The molecule has 0 N–H and O–H groups in total. The van der Waals surface area contributed by atoms with Crippen molar-refractivity contribution in [1.29, 1.82) is 0 Å². The highest BCUT2D eigenvalue weighted by Gasteiger charge is 2.05. The minimum Gasteiger partial charge on any atom is -0.457 e. The molecule has 0 aliphatic heterocycles. The van der Waals surface area contributed by atoms with Crippen molar-refractivity contribution in [2.45, 2.75) is 0 Å². The zero-order valence-electron chi connectivity index (χ0n) is 8.69. The minimum atomic E-state index is -0.456. The zero-order chi connectivity index (χ0) is 12.3. The molecular weight excluding hydrogens is 334 g/mol. The molecule has 0 fully saturated rings. The Labute approximate surface area is 112 Å². The number of rotatable bonds is 3. The topological polar surface area (TPSA) is 26.3 Å². The maximum atomic E-state index is 12.9. The molecule has 4 heteroatoms. The van der Waals surface area contributed by atoms with Crippen molar-refractivity contribution >= 4 is 28.9 Å². The van der Waals surface area contributed by atoms with Crippen LogP contribution in [0.3, 0.4) is 0 Å². The first-order valence-electron chi connectivity index (χ1n) is 4.87. The number of ether oxygens (including phenoxy) is 1. The van der Waals surface area contributed by atoms with E-state index in [2.05, 4.69) is 22.6 Å². The minimum absolute atomic E-state index is 0.198. The number of carbonyl (C=O) groups is 1. The van der Waals surface area contributed by atoms with E-state index in [9.17, 15) is 9.18 Å². The summed E-state index contributed by atoms with van der Waals surface area (Å²) in [7, 11) is 0. The summed E-state index contributed by atoms with van der Waals surface area (Å²) in [6.07, 6.45) is 0.575. The third-order valence-corrected chi connectivity index (χ3v) is 2.86. The fourth-order valence-electron chi connectivity index (χ4n) is 1.33. The van der Waals surface area contributed by atoms with Gasteiger partial charge in [0.25, 0.3) is 0 Å². The average molecular weight is 342 g/mol. The van der Waals surface area contributed by atoms with Crippen LogP contribution in [-0.2, 0) is 0 Å². The predicted octanol–water partition coefficient (Wildman–Crippen LogP) is 4.04. The van der Waals surface area contributed by atoms with Gasteiger partial charge < -0.3 is 4.74 Å². The van der Waals surface area contributed by atoms with Gasteiger partial charge in [-0.2, -0.15) is 0 Å². The van der Waals surface area contributed by atoms with E-state index in [-0.39, 0.29) is 5.56 Å². The molecule has 17 heavy (non-hydrogen) atoms. The van der Waals surface area contributed by atoms with E-state index in [0.717, 1.165) is 9.64 Å². The fraction of sp³-hybridized carbons (Fsp3) is 0. The monoisotopic (exact) mass is 342 g/mol. The van der Waals surface area contributed by atoms with Gasteiger partial charge in [0.05, 0.1) is 5.56 Å². The highest BCUT2D eigenvalue weighted by atomic mass is 127. The van der Waals surface area contributed by atoms with Crippen LogP contribution in [0.4, 0.5) is 4.39 Å². The third kappa shape index (κ3) is 3.03. The summed E-state index contributed by atoms with van der Waals surface area (Å²) in [5, 5.41) is 0. The van der Waals surface area contributed by atoms with Gasteiger partial charge in [0, 0.05) is 3.57 Å². The number of hydrogen-bond acceptors (Lipinski definition) is 2. The molecule has 0 unspecified atom stereocenters. The van der Waals surface area contributed by atoms with Gasteiger partial charge in [0.1, 0.15) is 17.3 Å². The number of hydrogen-bond donors (Lipinski definition) is 0. The van der Waals surface area contributed by atoms with Crippen molar-refractivity contribution in [3.8, 4) is 11.5 Å². The maximum Gasteiger partial charge on any atom is 0.153 e. The van der Waals surface area contributed by atoms with Crippen molar-refractivity contribution in [2.24, 2.45) is 0 Å². The maximum absolute atomic E-state index is 12.9. The van der Waals surface area contributed by atoms with Crippen LogP contribution in [0, 0.1) is 9.39 Å². The summed E-state index contributed by atoms with van der Waals surface area (Å²) >= 11 is 2.18. The Morgan fingerprint density at radius 2 is 1.82 bits per heavy atom. The molecule has 0 saturated carbocycles. The third-order valence-electron chi connectivity index (χ3n) is 2.14. The summed E-state index contributed by atoms with van der Waals surface area (Å²) in [6, 6.07) is 11.2. The molecule has 2 aromatic rings. The first-order chi connectivity index (χ1) is 8.19. The number of halogens is 2. The van der Waals surface area contributed by atoms with Gasteiger partial charge in [-0.25, -0.2) is 4.39 Å². The number of benzene rings is 2. The van der Waals surface area contributed by atoms with Crippen molar-refractivity contribution in [2.75, 3.05) is 0 Å². The molecule has 0 aliphatic rings. The summed E-state index contributed by atoms with van der Waals surface area (Å²) in [5.74, 6) is 0.504. The lowest BCUT2D eigenvalue weighted by Crippen LogP contribution is -1.91. The normalized spacial score (nSPS) is 10.0. The lowest BCUT2D eigenvalue weighted by atomic mass is 10.2. The number of carbonyl (C=O) groups excluding carboxylic acids is 1. The molecule has 0 aromatic heterocycles. The van der Waals surface area contributed by atoms with Gasteiger partial charge in [-0.3, -0.25) is 4.79 Å². The second kappa shape index (κ2) is 5.27. The predicted molar refractivity (Wildman–Crippen MR) is 71.0 cm³/mol. The Morgan fingerprint density at radius 1 is 1.12 bits per heavy atom. The van der Waals surface area contributed by atoms with Gasteiger partial charge in [-0.05, 0) is 65.1 Å². The van der Waals surface area contributed by atoms with Crippen molar-refractivity contribution in [3.63, 3.8) is 0 Å². The first kappa shape index (κ1) is 12.0. The number of aldehydes is 1. The van der Waals surface area contributed by atoms with Gasteiger partial charge >= 0.3 is 0 Å². The fourth-order valence-corrected chi connectivity index (χ4v) is 1.69. The van der Waals surface area contributed by atoms with Crippen molar-refractivity contribution in [3.05, 3.63) is 57.4 Å². The van der Waals surface area contributed by atoms with Crippen molar-refractivity contribution in [1.82, 2.24) is 0 Å². The molecule has 0 atom stereocenters. The van der Waals surface area contributed by atoms with Crippen LogP contribution in [0.25, 0.3) is 0 Å².